The summed E-state index contributed by atoms with van der Waals surface area (Å²) in [7, 11) is 0. The molecule has 1 aromatic rings. The Morgan fingerprint density at radius 2 is 2.10 bits per heavy atom. The van der Waals surface area contributed by atoms with Crippen LogP contribution in [0.15, 0.2) is 18.3 Å². The second-order valence-electron chi connectivity index (χ2n) is 5.70. The molecule has 110 valence electrons. The maximum atomic E-state index is 12.2. The highest BCUT2D eigenvalue weighted by Crippen LogP contribution is 2.40. The summed E-state index contributed by atoms with van der Waals surface area (Å²) in [5.74, 6) is -0.0653. The summed E-state index contributed by atoms with van der Waals surface area (Å²) in [6, 6.07) is 3.69. The maximum Gasteiger partial charge on any atom is 0.269 e. The van der Waals surface area contributed by atoms with Crippen LogP contribution in [0.3, 0.4) is 0 Å². The van der Waals surface area contributed by atoms with E-state index in [1.807, 2.05) is 19.1 Å². The Balaban J connectivity index is 1.96. The number of amides is 1. The normalized spacial score (nSPS) is 16.9. The van der Waals surface area contributed by atoms with Crippen LogP contribution in [0, 0.1) is 5.41 Å². The first kappa shape index (κ1) is 14.8. The van der Waals surface area contributed by atoms with Gasteiger partial charge in [0.25, 0.3) is 5.91 Å². The van der Waals surface area contributed by atoms with Crippen LogP contribution in [0.2, 0.25) is 0 Å². The third kappa shape index (κ3) is 3.50. The molecule has 1 amide bonds. The zero-order valence-corrected chi connectivity index (χ0v) is 12.5. The SMILES string of the molecule is CCNc1ccnc(C(=O)NCC2(CC)CCCC2)c1. The fourth-order valence-electron chi connectivity index (χ4n) is 3.01. The number of rotatable bonds is 6. The van der Waals surface area contributed by atoms with Crippen molar-refractivity contribution in [2.24, 2.45) is 5.41 Å². The van der Waals surface area contributed by atoms with Crippen molar-refractivity contribution in [2.45, 2.75) is 46.0 Å². The molecule has 4 nitrogen and oxygen atoms in total. The van der Waals surface area contributed by atoms with Gasteiger partial charge in [-0.1, -0.05) is 19.8 Å². The summed E-state index contributed by atoms with van der Waals surface area (Å²) in [6.07, 6.45) is 7.86. The van der Waals surface area contributed by atoms with Gasteiger partial charge >= 0.3 is 0 Å². The molecule has 0 bridgehead atoms. The quantitative estimate of drug-likeness (QED) is 0.838. The fourth-order valence-corrected chi connectivity index (χ4v) is 3.01. The number of nitrogens with zero attached hydrogens (tertiary/aromatic N) is 1. The van der Waals surface area contributed by atoms with Crippen molar-refractivity contribution in [3.05, 3.63) is 24.0 Å². The van der Waals surface area contributed by atoms with Crippen molar-refractivity contribution in [1.82, 2.24) is 10.3 Å². The van der Waals surface area contributed by atoms with Crippen molar-refractivity contribution in [3.8, 4) is 0 Å². The summed E-state index contributed by atoms with van der Waals surface area (Å²) in [5.41, 5.74) is 1.75. The summed E-state index contributed by atoms with van der Waals surface area (Å²) >= 11 is 0. The molecule has 1 heterocycles. The summed E-state index contributed by atoms with van der Waals surface area (Å²) < 4.78 is 0. The summed E-state index contributed by atoms with van der Waals surface area (Å²) in [4.78, 5) is 16.4. The van der Waals surface area contributed by atoms with Gasteiger partial charge in [0, 0.05) is 25.0 Å². The molecule has 0 saturated heterocycles. The van der Waals surface area contributed by atoms with Gasteiger partial charge in [-0.3, -0.25) is 9.78 Å². The fraction of sp³-hybridized carbons (Fsp3) is 0.625. The molecular formula is C16H25N3O. The molecule has 0 aromatic carbocycles. The molecule has 0 spiro atoms. The van der Waals surface area contributed by atoms with E-state index in [2.05, 4.69) is 22.5 Å². The van der Waals surface area contributed by atoms with Crippen molar-refractivity contribution in [1.29, 1.82) is 0 Å². The van der Waals surface area contributed by atoms with Crippen molar-refractivity contribution in [3.63, 3.8) is 0 Å². The summed E-state index contributed by atoms with van der Waals surface area (Å²) in [5, 5.41) is 6.27. The first-order valence-corrected chi connectivity index (χ1v) is 7.67. The van der Waals surface area contributed by atoms with E-state index in [4.69, 9.17) is 0 Å². The second kappa shape index (κ2) is 6.73. The minimum Gasteiger partial charge on any atom is -0.385 e. The highest BCUT2D eigenvalue weighted by Gasteiger charge is 2.32. The zero-order valence-electron chi connectivity index (χ0n) is 12.5. The number of hydrogen-bond donors (Lipinski definition) is 2. The molecular weight excluding hydrogens is 250 g/mol. The Morgan fingerprint density at radius 1 is 1.35 bits per heavy atom. The average molecular weight is 275 g/mol. The van der Waals surface area contributed by atoms with E-state index < -0.39 is 0 Å². The van der Waals surface area contributed by atoms with E-state index in [1.54, 1.807) is 6.20 Å². The second-order valence-corrected chi connectivity index (χ2v) is 5.70. The molecule has 1 aliphatic rings. The van der Waals surface area contributed by atoms with Crippen LogP contribution in [-0.4, -0.2) is 24.0 Å². The minimum absolute atomic E-state index is 0.0653. The monoisotopic (exact) mass is 275 g/mol. The van der Waals surface area contributed by atoms with Crippen LogP contribution in [-0.2, 0) is 0 Å². The van der Waals surface area contributed by atoms with Crippen LogP contribution in [0.5, 0.6) is 0 Å². The highest BCUT2D eigenvalue weighted by atomic mass is 16.1. The lowest BCUT2D eigenvalue weighted by Gasteiger charge is -2.27. The smallest absolute Gasteiger partial charge is 0.269 e. The standard InChI is InChI=1S/C16H25N3O/c1-3-16(8-5-6-9-16)12-19-15(20)14-11-13(17-4-2)7-10-18-14/h7,10-11H,3-6,8-9,12H2,1-2H3,(H,17,18)(H,19,20). The average Bonchev–Trinajstić information content (AvgIpc) is 2.95. The number of anilines is 1. The third-order valence-corrected chi connectivity index (χ3v) is 4.41. The number of pyridine rings is 1. The van der Waals surface area contributed by atoms with Crippen LogP contribution < -0.4 is 10.6 Å². The van der Waals surface area contributed by atoms with Crippen LogP contribution >= 0.6 is 0 Å². The van der Waals surface area contributed by atoms with E-state index >= 15 is 0 Å². The molecule has 1 fully saturated rings. The molecule has 2 rings (SSSR count). The Bertz CT molecular complexity index is 453. The van der Waals surface area contributed by atoms with Crippen molar-refractivity contribution >= 4 is 11.6 Å². The largest absolute Gasteiger partial charge is 0.385 e. The number of aromatic nitrogens is 1. The van der Waals surface area contributed by atoms with Gasteiger partial charge in [-0.2, -0.15) is 0 Å². The minimum atomic E-state index is -0.0653. The molecule has 0 aliphatic heterocycles. The Labute approximate surface area is 121 Å². The lowest BCUT2D eigenvalue weighted by atomic mass is 9.83. The Hall–Kier alpha value is -1.58. The van der Waals surface area contributed by atoms with Gasteiger partial charge in [0.15, 0.2) is 0 Å². The van der Waals surface area contributed by atoms with E-state index in [-0.39, 0.29) is 5.91 Å². The van der Waals surface area contributed by atoms with Gasteiger partial charge in [0.2, 0.25) is 0 Å². The first-order valence-electron chi connectivity index (χ1n) is 7.67. The van der Waals surface area contributed by atoms with Gasteiger partial charge in [-0.15, -0.1) is 0 Å². The number of carbonyl (C=O) groups excluding carboxylic acids is 1. The van der Waals surface area contributed by atoms with Crippen molar-refractivity contribution in [2.75, 3.05) is 18.4 Å². The lowest BCUT2D eigenvalue weighted by molar-refractivity contribution is 0.0924. The maximum absolute atomic E-state index is 12.2. The van der Waals surface area contributed by atoms with Gasteiger partial charge in [0.05, 0.1) is 0 Å². The summed E-state index contributed by atoms with van der Waals surface area (Å²) in [6.45, 7) is 5.87. The van der Waals surface area contributed by atoms with Gasteiger partial charge < -0.3 is 10.6 Å². The Morgan fingerprint density at radius 3 is 2.75 bits per heavy atom. The third-order valence-electron chi connectivity index (χ3n) is 4.41. The van der Waals surface area contributed by atoms with E-state index in [1.165, 1.54) is 25.7 Å². The first-order chi connectivity index (χ1) is 9.69. The molecule has 0 unspecified atom stereocenters. The number of hydrogen-bond acceptors (Lipinski definition) is 3. The van der Waals surface area contributed by atoms with Gasteiger partial charge in [0.1, 0.15) is 5.69 Å². The topological polar surface area (TPSA) is 54.0 Å². The molecule has 0 radical (unpaired) electrons. The van der Waals surface area contributed by atoms with Gasteiger partial charge in [-0.25, -0.2) is 0 Å². The van der Waals surface area contributed by atoms with E-state index in [9.17, 15) is 4.79 Å². The molecule has 4 heteroatoms. The molecule has 0 atom stereocenters. The number of nitrogens with one attached hydrogen (secondary N) is 2. The zero-order chi connectivity index (χ0) is 14.4. The van der Waals surface area contributed by atoms with Crippen LogP contribution in [0.25, 0.3) is 0 Å². The Kier molecular flexibility index (Phi) is 4.99. The van der Waals surface area contributed by atoms with E-state index in [0.29, 0.717) is 11.1 Å². The number of carbonyl (C=O) groups is 1. The predicted octanol–water partition coefficient (Wildman–Crippen LogP) is 3.21. The van der Waals surface area contributed by atoms with Crippen molar-refractivity contribution < 1.29 is 4.79 Å². The molecule has 20 heavy (non-hydrogen) atoms. The van der Waals surface area contributed by atoms with Crippen LogP contribution in [0.4, 0.5) is 5.69 Å². The molecule has 1 aromatic heterocycles. The molecule has 2 N–H and O–H groups in total. The lowest BCUT2D eigenvalue weighted by Crippen LogP contribution is -2.36. The highest BCUT2D eigenvalue weighted by molar-refractivity contribution is 5.93. The van der Waals surface area contributed by atoms with E-state index in [0.717, 1.165) is 25.2 Å². The van der Waals surface area contributed by atoms with Gasteiger partial charge in [-0.05, 0) is 43.7 Å². The molecule has 1 saturated carbocycles. The predicted molar refractivity (Wildman–Crippen MR) is 81.9 cm³/mol. The van der Waals surface area contributed by atoms with Crippen LogP contribution in [0.1, 0.15) is 56.4 Å². The molecule has 1 aliphatic carbocycles.